The van der Waals surface area contributed by atoms with Crippen molar-refractivity contribution in [1.82, 2.24) is 26.0 Å². The largest absolute Gasteiger partial charge is 0.444 e. The van der Waals surface area contributed by atoms with Crippen molar-refractivity contribution in [3.8, 4) is 0 Å². The number of hydrazine groups is 1. The van der Waals surface area contributed by atoms with Gasteiger partial charge in [-0.05, 0) is 40.2 Å². The van der Waals surface area contributed by atoms with Crippen LogP contribution in [0.4, 0.5) is 18.0 Å². The van der Waals surface area contributed by atoms with Gasteiger partial charge in [0.1, 0.15) is 11.4 Å². The van der Waals surface area contributed by atoms with Gasteiger partial charge in [-0.25, -0.2) is 10.2 Å². The first-order chi connectivity index (χ1) is 12.4. The maximum Gasteiger partial charge on any atom is 0.410 e. The number of nitrogens with one attached hydrogen (secondary N) is 3. The maximum atomic E-state index is 12.3. The van der Waals surface area contributed by atoms with Crippen LogP contribution in [0.3, 0.4) is 0 Å². The average molecular weight is 393 g/mol. The zero-order chi connectivity index (χ0) is 20.2. The number of rotatable bonds is 4. The van der Waals surface area contributed by atoms with E-state index in [1.165, 1.54) is 0 Å². The molecule has 156 valence electrons. The van der Waals surface area contributed by atoms with Crippen LogP contribution in [-0.2, 0) is 4.74 Å². The van der Waals surface area contributed by atoms with Crippen molar-refractivity contribution in [3.63, 3.8) is 0 Å². The standard InChI is InChI=1S/C17H30F3N5O2/c1-12(21-11-17(18,19)20)13-5-6-14(23-22-13)24-7-9-25(10-8-24)15(26)27-16(2,3)4/h6,12-13,21-23H,5,7-11H2,1-4H3. The van der Waals surface area contributed by atoms with Crippen molar-refractivity contribution in [2.75, 3.05) is 32.7 Å². The fourth-order valence-electron chi connectivity index (χ4n) is 2.93. The highest BCUT2D eigenvalue weighted by Crippen LogP contribution is 2.17. The highest BCUT2D eigenvalue weighted by molar-refractivity contribution is 5.68. The Kier molecular flexibility index (Phi) is 6.85. The van der Waals surface area contributed by atoms with E-state index >= 15 is 0 Å². The lowest BCUT2D eigenvalue weighted by Gasteiger charge is -2.40. The Labute approximate surface area is 158 Å². The predicted molar refractivity (Wildman–Crippen MR) is 95.7 cm³/mol. The van der Waals surface area contributed by atoms with Gasteiger partial charge in [0.2, 0.25) is 0 Å². The first-order valence-corrected chi connectivity index (χ1v) is 9.19. The summed E-state index contributed by atoms with van der Waals surface area (Å²) in [6, 6.07) is -0.472. The number of carbonyl (C=O) groups is 1. The zero-order valence-electron chi connectivity index (χ0n) is 16.3. The summed E-state index contributed by atoms with van der Waals surface area (Å²) < 4.78 is 42.3. The lowest BCUT2D eigenvalue weighted by atomic mass is 10.1. The van der Waals surface area contributed by atoms with Gasteiger partial charge in [0.15, 0.2) is 0 Å². The van der Waals surface area contributed by atoms with Gasteiger partial charge >= 0.3 is 12.3 Å². The van der Waals surface area contributed by atoms with Crippen molar-refractivity contribution in [2.45, 2.75) is 58.0 Å². The molecule has 2 aliphatic heterocycles. The summed E-state index contributed by atoms with van der Waals surface area (Å²) in [6.45, 7) is 8.67. The molecule has 1 fully saturated rings. The topological polar surface area (TPSA) is 68.9 Å². The van der Waals surface area contributed by atoms with Gasteiger partial charge in [-0.2, -0.15) is 13.2 Å². The Morgan fingerprint density at radius 2 is 1.93 bits per heavy atom. The van der Waals surface area contributed by atoms with E-state index < -0.39 is 18.3 Å². The van der Waals surface area contributed by atoms with Crippen LogP contribution in [0.25, 0.3) is 0 Å². The zero-order valence-corrected chi connectivity index (χ0v) is 16.3. The molecule has 2 heterocycles. The molecule has 7 nitrogen and oxygen atoms in total. The first-order valence-electron chi connectivity index (χ1n) is 9.19. The van der Waals surface area contributed by atoms with Crippen molar-refractivity contribution < 1.29 is 22.7 Å². The van der Waals surface area contributed by atoms with Gasteiger partial charge < -0.3 is 25.3 Å². The molecule has 0 spiro atoms. The first kappa shape index (κ1) is 21.6. The van der Waals surface area contributed by atoms with Gasteiger partial charge in [-0.15, -0.1) is 0 Å². The highest BCUT2D eigenvalue weighted by atomic mass is 19.4. The highest BCUT2D eigenvalue weighted by Gasteiger charge is 2.31. The van der Waals surface area contributed by atoms with Gasteiger partial charge in [-0.1, -0.05) is 0 Å². The molecule has 2 unspecified atom stereocenters. The quantitative estimate of drug-likeness (QED) is 0.677. The van der Waals surface area contributed by atoms with Crippen LogP contribution in [0.15, 0.2) is 11.9 Å². The third kappa shape index (κ3) is 7.10. The normalized spacial score (nSPS) is 22.8. The maximum absolute atomic E-state index is 12.3. The number of nitrogens with zero attached hydrogens (tertiary/aromatic N) is 2. The minimum Gasteiger partial charge on any atom is -0.444 e. The summed E-state index contributed by atoms with van der Waals surface area (Å²) in [5, 5.41) is 2.50. The number of carbonyl (C=O) groups excluding carboxylic acids is 1. The van der Waals surface area contributed by atoms with Crippen LogP contribution in [0.2, 0.25) is 0 Å². The van der Waals surface area contributed by atoms with E-state index in [0.717, 1.165) is 5.82 Å². The van der Waals surface area contributed by atoms with Crippen LogP contribution in [0, 0.1) is 0 Å². The monoisotopic (exact) mass is 393 g/mol. The number of hydrogen-bond acceptors (Lipinski definition) is 6. The molecule has 0 aromatic heterocycles. The second-order valence-corrected chi connectivity index (χ2v) is 7.94. The number of amides is 1. The third-order valence-electron chi connectivity index (χ3n) is 4.45. The Bertz CT molecular complexity index is 540. The SMILES string of the molecule is CC(NCC(F)(F)F)C1CC=C(N2CCN(C(=O)OC(C)(C)C)CC2)NN1. The molecule has 0 aromatic carbocycles. The molecule has 27 heavy (non-hydrogen) atoms. The fourth-order valence-corrected chi connectivity index (χ4v) is 2.93. The summed E-state index contributed by atoms with van der Waals surface area (Å²) >= 11 is 0. The van der Waals surface area contributed by atoms with Crippen molar-refractivity contribution in [3.05, 3.63) is 11.9 Å². The molecule has 2 atom stereocenters. The van der Waals surface area contributed by atoms with E-state index in [2.05, 4.69) is 21.1 Å². The average Bonchev–Trinajstić information content (AvgIpc) is 2.58. The molecule has 0 bridgehead atoms. The molecule has 0 saturated carbocycles. The summed E-state index contributed by atoms with van der Waals surface area (Å²) in [5.41, 5.74) is 5.64. The van der Waals surface area contributed by atoms with Crippen LogP contribution in [0.5, 0.6) is 0 Å². The molecule has 0 radical (unpaired) electrons. The molecule has 2 aliphatic rings. The van der Waals surface area contributed by atoms with E-state index in [0.29, 0.717) is 32.6 Å². The molecule has 3 N–H and O–H groups in total. The molecule has 1 saturated heterocycles. The Morgan fingerprint density at radius 3 is 2.41 bits per heavy atom. The van der Waals surface area contributed by atoms with E-state index in [4.69, 9.17) is 4.74 Å². The summed E-state index contributed by atoms with van der Waals surface area (Å²) in [6.07, 6.45) is -1.93. The van der Waals surface area contributed by atoms with Crippen LogP contribution < -0.4 is 16.2 Å². The minimum atomic E-state index is -4.22. The molecule has 0 aliphatic carbocycles. The van der Waals surface area contributed by atoms with Gasteiger partial charge in [-0.3, -0.25) is 0 Å². The van der Waals surface area contributed by atoms with Crippen molar-refractivity contribution in [1.29, 1.82) is 0 Å². The lowest BCUT2D eigenvalue weighted by molar-refractivity contribution is -0.126. The van der Waals surface area contributed by atoms with Crippen molar-refractivity contribution in [2.24, 2.45) is 0 Å². The van der Waals surface area contributed by atoms with Gasteiger partial charge in [0.25, 0.3) is 0 Å². The smallest absolute Gasteiger partial charge is 0.410 e. The number of piperazine rings is 1. The summed E-state index contributed by atoms with van der Waals surface area (Å²) in [5.74, 6) is 0.887. The predicted octanol–water partition coefficient (Wildman–Crippen LogP) is 1.79. The van der Waals surface area contributed by atoms with Gasteiger partial charge in [0.05, 0.1) is 6.54 Å². The van der Waals surface area contributed by atoms with E-state index in [9.17, 15) is 18.0 Å². The molecule has 2 rings (SSSR count). The molecule has 1 amide bonds. The third-order valence-corrected chi connectivity index (χ3v) is 4.45. The second kappa shape index (κ2) is 8.55. The second-order valence-electron chi connectivity index (χ2n) is 7.94. The van der Waals surface area contributed by atoms with Crippen LogP contribution >= 0.6 is 0 Å². The van der Waals surface area contributed by atoms with E-state index in [1.807, 2.05) is 26.8 Å². The van der Waals surface area contributed by atoms with Crippen LogP contribution in [-0.4, -0.2) is 72.5 Å². The lowest BCUT2D eigenvalue weighted by Crippen LogP contribution is -2.58. The molecular weight excluding hydrogens is 363 g/mol. The Balaban J connectivity index is 1.78. The van der Waals surface area contributed by atoms with E-state index in [-0.39, 0.29) is 18.2 Å². The van der Waals surface area contributed by atoms with Gasteiger partial charge in [0, 0.05) is 38.3 Å². The fraction of sp³-hybridized carbons (Fsp3) is 0.824. The minimum absolute atomic E-state index is 0.140. The summed E-state index contributed by atoms with van der Waals surface area (Å²) in [4.78, 5) is 15.9. The molecule has 10 heteroatoms. The van der Waals surface area contributed by atoms with Crippen LogP contribution in [0.1, 0.15) is 34.1 Å². The molecular formula is C17H30F3N5O2. The number of halogens is 3. The number of ether oxygens (including phenoxy) is 1. The molecule has 0 aromatic rings. The summed E-state index contributed by atoms with van der Waals surface area (Å²) in [7, 11) is 0. The Hall–Kier alpha value is -1.68. The van der Waals surface area contributed by atoms with Crippen molar-refractivity contribution >= 4 is 6.09 Å². The van der Waals surface area contributed by atoms with E-state index in [1.54, 1.807) is 11.8 Å². The Morgan fingerprint density at radius 1 is 1.30 bits per heavy atom. The number of alkyl halides is 3. The number of hydrogen-bond donors (Lipinski definition) is 3.